The van der Waals surface area contributed by atoms with E-state index in [0.717, 1.165) is 30.8 Å². The minimum atomic E-state index is 0.679. The average molecular weight is 334 g/mol. The fourth-order valence-corrected chi connectivity index (χ4v) is 1.54. The Morgan fingerprint density at radius 2 is 1.48 bits per heavy atom. The lowest BCUT2D eigenvalue weighted by atomic mass is 10.2. The van der Waals surface area contributed by atoms with Crippen molar-refractivity contribution in [2.75, 3.05) is 20.0 Å². The summed E-state index contributed by atoms with van der Waals surface area (Å²) in [6.45, 7) is 4.83. The van der Waals surface area contributed by atoms with Crippen LogP contribution in [0.5, 0.6) is 11.5 Å². The van der Waals surface area contributed by atoms with E-state index in [1.165, 1.54) is 5.56 Å². The summed E-state index contributed by atoms with van der Waals surface area (Å²) >= 11 is 3.53. The highest BCUT2D eigenvalue weighted by Gasteiger charge is 1.92. The van der Waals surface area contributed by atoms with Crippen molar-refractivity contribution in [1.82, 2.24) is 0 Å². The second kappa shape index (κ2) is 13.7. The maximum absolute atomic E-state index is 10.3. The van der Waals surface area contributed by atoms with Crippen LogP contribution in [0.4, 0.5) is 0 Å². The van der Waals surface area contributed by atoms with E-state index < -0.39 is 0 Å². The van der Waals surface area contributed by atoms with E-state index in [1.807, 2.05) is 24.3 Å². The maximum atomic E-state index is 10.3. The molecule has 0 fully saturated rings. The van der Waals surface area contributed by atoms with Crippen LogP contribution in [0.15, 0.2) is 48.5 Å². The highest BCUT2D eigenvalue weighted by molar-refractivity contribution is 7.79. The molecule has 0 heterocycles. The molecule has 0 radical (unpaired) electrons. The molecule has 0 amide bonds. The SMILES string of the molecule is CCCOc1ccc(C=O)cc1.COc1ccc(C)cc1.CS. The van der Waals surface area contributed by atoms with Crippen molar-refractivity contribution < 1.29 is 14.3 Å². The molecule has 0 N–H and O–H groups in total. The van der Waals surface area contributed by atoms with E-state index >= 15 is 0 Å². The summed E-state index contributed by atoms with van der Waals surface area (Å²) < 4.78 is 10.3. The molecule has 0 aliphatic rings. The lowest BCUT2D eigenvalue weighted by molar-refractivity contribution is 0.112. The predicted molar refractivity (Wildman–Crippen MR) is 100 cm³/mol. The molecule has 2 rings (SSSR count). The van der Waals surface area contributed by atoms with Gasteiger partial charge in [-0.1, -0.05) is 24.6 Å². The third-order valence-corrected chi connectivity index (χ3v) is 2.75. The van der Waals surface area contributed by atoms with Gasteiger partial charge in [-0.05, 0) is 56.0 Å². The molecule has 3 nitrogen and oxygen atoms in total. The van der Waals surface area contributed by atoms with E-state index in [0.29, 0.717) is 5.56 Å². The van der Waals surface area contributed by atoms with Crippen LogP contribution in [0.1, 0.15) is 29.3 Å². The molecular formula is C19H26O3S. The van der Waals surface area contributed by atoms with E-state index in [2.05, 4.69) is 26.5 Å². The quantitative estimate of drug-likeness (QED) is 0.628. The summed E-state index contributed by atoms with van der Waals surface area (Å²) in [5.74, 6) is 1.74. The van der Waals surface area contributed by atoms with Gasteiger partial charge < -0.3 is 9.47 Å². The van der Waals surface area contributed by atoms with Crippen LogP contribution in [-0.2, 0) is 0 Å². The first-order chi connectivity index (χ1) is 11.2. The molecule has 23 heavy (non-hydrogen) atoms. The van der Waals surface area contributed by atoms with Crippen LogP contribution in [0, 0.1) is 6.92 Å². The molecule has 0 saturated carbocycles. The van der Waals surface area contributed by atoms with Crippen LogP contribution in [0.25, 0.3) is 0 Å². The minimum Gasteiger partial charge on any atom is -0.497 e. The number of hydrogen-bond acceptors (Lipinski definition) is 4. The fraction of sp³-hybridized carbons (Fsp3) is 0.316. The number of carbonyl (C=O) groups is 1. The average Bonchev–Trinajstić information content (AvgIpc) is 2.63. The van der Waals surface area contributed by atoms with E-state index in [9.17, 15) is 4.79 Å². The Morgan fingerprint density at radius 3 is 1.91 bits per heavy atom. The fourth-order valence-electron chi connectivity index (χ4n) is 1.54. The second-order valence-corrected chi connectivity index (χ2v) is 4.55. The Hall–Kier alpha value is -1.94. The summed E-state index contributed by atoms with van der Waals surface area (Å²) in [6, 6.07) is 15.1. The van der Waals surface area contributed by atoms with Crippen molar-refractivity contribution >= 4 is 18.9 Å². The first-order valence-electron chi connectivity index (χ1n) is 7.43. The zero-order valence-electron chi connectivity index (χ0n) is 14.3. The number of methoxy groups -OCH3 is 1. The van der Waals surface area contributed by atoms with Gasteiger partial charge in [-0.3, -0.25) is 4.79 Å². The van der Waals surface area contributed by atoms with Crippen molar-refractivity contribution in [3.63, 3.8) is 0 Å². The number of ether oxygens (including phenoxy) is 2. The number of aryl methyl sites for hydroxylation is 1. The molecule has 0 aliphatic carbocycles. The van der Waals surface area contributed by atoms with Crippen LogP contribution in [-0.4, -0.2) is 26.3 Å². The maximum Gasteiger partial charge on any atom is 0.150 e. The van der Waals surface area contributed by atoms with Gasteiger partial charge in [0.05, 0.1) is 13.7 Å². The number of rotatable bonds is 5. The zero-order chi connectivity index (χ0) is 17.5. The number of carbonyl (C=O) groups excluding carboxylic acids is 1. The first kappa shape index (κ1) is 21.1. The highest BCUT2D eigenvalue weighted by atomic mass is 32.1. The van der Waals surface area contributed by atoms with Gasteiger partial charge >= 0.3 is 0 Å². The first-order valence-corrected chi connectivity index (χ1v) is 8.32. The van der Waals surface area contributed by atoms with Gasteiger partial charge in [0.15, 0.2) is 0 Å². The molecule has 0 aromatic heterocycles. The van der Waals surface area contributed by atoms with E-state index in [4.69, 9.17) is 9.47 Å². The molecule has 2 aromatic carbocycles. The standard InChI is InChI=1S/C10H12O2.C8H10O.CH4S/c1-2-7-12-10-5-3-9(8-11)4-6-10;1-7-3-5-8(9-2)6-4-7;1-2/h3-6,8H,2,7H2,1H3;3-6H,1-2H3;2H,1H3. The Bertz CT molecular complexity index is 521. The lowest BCUT2D eigenvalue weighted by Crippen LogP contribution is -1.94. The van der Waals surface area contributed by atoms with Crippen LogP contribution in [0.3, 0.4) is 0 Å². The highest BCUT2D eigenvalue weighted by Crippen LogP contribution is 2.11. The Balaban J connectivity index is 0.000000392. The Labute approximate surface area is 145 Å². The van der Waals surface area contributed by atoms with Crippen LogP contribution >= 0.6 is 12.6 Å². The lowest BCUT2D eigenvalue weighted by Gasteiger charge is -2.02. The molecule has 2 aromatic rings. The Morgan fingerprint density at radius 1 is 0.957 bits per heavy atom. The summed E-state index contributed by atoms with van der Waals surface area (Å²) in [7, 11) is 1.67. The van der Waals surface area contributed by atoms with Crippen molar-refractivity contribution in [1.29, 1.82) is 0 Å². The van der Waals surface area contributed by atoms with Gasteiger partial charge in [-0.25, -0.2) is 0 Å². The van der Waals surface area contributed by atoms with Gasteiger partial charge in [-0.2, -0.15) is 12.6 Å². The van der Waals surface area contributed by atoms with Gasteiger partial charge in [0, 0.05) is 5.56 Å². The van der Waals surface area contributed by atoms with Crippen molar-refractivity contribution in [2.45, 2.75) is 20.3 Å². The van der Waals surface area contributed by atoms with Gasteiger partial charge in [0.2, 0.25) is 0 Å². The number of aldehydes is 1. The molecule has 0 aliphatic heterocycles. The molecule has 0 bridgehead atoms. The normalized spacial score (nSPS) is 8.74. The third kappa shape index (κ3) is 9.63. The Kier molecular flexibility index (Phi) is 12.5. The van der Waals surface area contributed by atoms with Crippen molar-refractivity contribution in [3.8, 4) is 11.5 Å². The monoisotopic (exact) mass is 334 g/mol. The molecule has 126 valence electrons. The molecule has 0 saturated heterocycles. The topological polar surface area (TPSA) is 35.5 Å². The van der Waals surface area contributed by atoms with E-state index in [1.54, 1.807) is 37.6 Å². The molecule has 0 unspecified atom stereocenters. The minimum absolute atomic E-state index is 0.679. The van der Waals surface area contributed by atoms with Crippen molar-refractivity contribution in [2.24, 2.45) is 0 Å². The summed E-state index contributed by atoms with van der Waals surface area (Å²) in [4.78, 5) is 10.3. The van der Waals surface area contributed by atoms with Crippen LogP contribution < -0.4 is 9.47 Å². The molecule has 4 heteroatoms. The number of thiol groups is 1. The van der Waals surface area contributed by atoms with Gasteiger partial charge in [0.25, 0.3) is 0 Å². The predicted octanol–water partition coefficient (Wildman–Crippen LogP) is 4.84. The van der Waals surface area contributed by atoms with Crippen LogP contribution in [0.2, 0.25) is 0 Å². The molecule has 0 atom stereocenters. The van der Waals surface area contributed by atoms with Gasteiger partial charge in [0.1, 0.15) is 17.8 Å². The zero-order valence-corrected chi connectivity index (χ0v) is 15.2. The summed E-state index contributed by atoms with van der Waals surface area (Å²) in [5.41, 5.74) is 1.94. The molecular weight excluding hydrogens is 308 g/mol. The number of benzene rings is 2. The van der Waals surface area contributed by atoms with Gasteiger partial charge in [-0.15, -0.1) is 0 Å². The van der Waals surface area contributed by atoms with E-state index in [-0.39, 0.29) is 0 Å². The molecule has 0 spiro atoms. The summed E-state index contributed by atoms with van der Waals surface area (Å²) in [6.07, 6.45) is 3.51. The summed E-state index contributed by atoms with van der Waals surface area (Å²) in [5, 5.41) is 0. The van der Waals surface area contributed by atoms with Crippen molar-refractivity contribution in [3.05, 3.63) is 59.7 Å². The largest absolute Gasteiger partial charge is 0.497 e. The number of hydrogen-bond donors (Lipinski definition) is 1. The smallest absolute Gasteiger partial charge is 0.150 e. The third-order valence-electron chi connectivity index (χ3n) is 2.75. The second-order valence-electron chi connectivity index (χ2n) is 4.55.